The zero-order chi connectivity index (χ0) is 45.4. The van der Waals surface area contributed by atoms with E-state index in [-0.39, 0.29) is 56.7 Å². The fourth-order valence-electron chi connectivity index (χ4n) is 7.25. The van der Waals surface area contributed by atoms with Crippen LogP contribution in [0, 0.1) is 21.0 Å². The van der Waals surface area contributed by atoms with Crippen LogP contribution < -0.4 is 9.80 Å². The van der Waals surface area contributed by atoms with Gasteiger partial charge in [-0.05, 0) is 105 Å². The number of hydrogen-bond donors (Lipinski definition) is 2. The molecule has 3 heterocycles. The van der Waals surface area contributed by atoms with Crippen molar-refractivity contribution in [3.63, 3.8) is 0 Å². The van der Waals surface area contributed by atoms with Crippen LogP contribution in [0.25, 0.3) is 22.1 Å². The monoisotopic (exact) mass is 949 g/mol. The molecule has 0 atom stereocenters. The highest BCUT2D eigenvalue weighted by atomic mass is 127. The predicted octanol–water partition coefficient (Wildman–Crippen LogP) is 9.78. The lowest BCUT2D eigenvalue weighted by Gasteiger charge is -2.35. The lowest BCUT2D eigenvalue weighted by molar-refractivity contribution is -0.161. The molecule has 60 heavy (non-hydrogen) atoms. The van der Waals surface area contributed by atoms with Crippen LogP contribution in [0.2, 0.25) is 0 Å². The summed E-state index contributed by atoms with van der Waals surface area (Å²) in [4.78, 5) is 73.8. The highest BCUT2D eigenvalue weighted by molar-refractivity contribution is 14.1. The van der Waals surface area contributed by atoms with Crippen LogP contribution >= 0.6 is 22.6 Å². The molecule has 0 saturated heterocycles. The van der Waals surface area contributed by atoms with Crippen molar-refractivity contribution in [3.05, 3.63) is 73.9 Å². The number of ether oxygens (including phenoxy) is 2. The van der Waals surface area contributed by atoms with Crippen molar-refractivity contribution in [2.45, 2.75) is 117 Å². The molecule has 2 aromatic heterocycles. The summed E-state index contributed by atoms with van der Waals surface area (Å²) >= 11 is 1.91. The molecule has 4 aromatic rings. The highest BCUT2D eigenvalue weighted by Gasteiger charge is 2.60. The quantitative estimate of drug-likeness (QED) is 0.139. The van der Waals surface area contributed by atoms with E-state index < -0.39 is 87.0 Å². The number of nitrogens with zero attached hydrogens (tertiary/aromatic N) is 3. The van der Waals surface area contributed by atoms with Gasteiger partial charge in [0.2, 0.25) is 0 Å². The molecule has 2 aromatic carbocycles. The third kappa shape index (κ3) is 8.03. The minimum atomic E-state index is -3.71. The SMILES string of the molecule is CC(C)(C)OC(=O)N(C(=O)OC(C)(C)C)c1ncc(I)c2occ(-c3ccc4c(c3F)CCN4C(=O)C(C(=O)O)(C(=O)O)c3cc(F)c(C(C)(C)C)c(C(C)(C)C)c3F)c12. The number of anilines is 2. The van der Waals surface area contributed by atoms with E-state index >= 15 is 13.2 Å². The van der Waals surface area contributed by atoms with E-state index in [2.05, 4.69) is 4.98 Å². The largest absolute Gasteiger partial charge is 0.480 e. The van der Waals surface area contributed by atoms with E-state index in [1.54, 1.807) is 83.1 Å². The van der Waals surface area contributed by atoms with E-state index in [1.165, 1.54) is 24.6 Å². The maximum absolute atomic E-state index is 16.9. The molecule has 322 valence electrons. The molecule has 0 aliphatic carbocycles. The number of carboxylic acid groups (broad SMARTS) is 2. The number of aromatic nitrogens is 1. The first kappa shape index (κ1) is 45.9. The van der Waals surface area contributed by atoms with E-state index in [1.807, 2.05) is 22.6 Å². The molecule has 0 spiro atoms. The van der Waals surface area contributed by atoms with Crippen LogP contribution in [0.15, 0.2) is 35.1 Å². The number of pyridine rings is 1. The Labute approximate surface area is 358 Å². The summed E-state index contributed by atoms with van der Waals surface area (Å²) in [6.45, 7) is 18.5. The van der Waals surface area contributed by atoms with E-state index in [0.717, 1.165) is 4.90 Å². The lowest BCUT2D eigenvalue weighted by atomic mass is 9.70. The van der Waals surface area contributed by atoms with Crippen molar-refractivity contribution in [1.82, 2.24) is 4.98 Å². The van der Waals surface area contributed by atoms with Gasteiger partial charge in [0.1, 0.15) is 28.7 Å². The molecular formula is C43H47F3IN3O10. The van der Waals surface area contributed by atoms with Crippen LogP contribution in [-0.2, 0) is 46.5 Å². The molecule has 1 aliphatic heterocycles. The third-order valence-electron chi connectivity index (χ3n) is 9.61. The second-order valence-electron chi connectivity index (χ2n) is 18.5. The number of aliphatic carboxylic acids is 2. The van der Waals surface area contributed by atoms with E-state index in [4.69, 9.17) is 13.9 Å². The topological polar surface area (TPSA) is 177 Å². The number of carbonyl (C=O) groups is 5. The van der Waals surface area contributed by atoms with Crippen molar-refractivity contribution in [1.29, 1.82) is 0 Å². The number of carboxylic acids is 2. The van der Waals surface area contributed by atoms with Gasteiger partial charge >= 0.3 is 24.1 Å². The number of rotatable bonds is 6. The highest BCUT2D eigenvalue weighted by Crippen LogP contribution is 2.46. The zero-order valence-corrected chi connectivity index (χ0v) is 37.5. The molecule has 13 nitrogen and oxygen atoms in total. The molecular weight excluding hydrogens is 902 g/mol. The summed E-state index contributed by atoms with van der Waals surface area (Å²) in [5.41, 5.74) is -10.1. The standard InChI is InChI=1S/C43H47F3IN3O10/c1-39(2,3)28-24(44)17-23(31(46)29(28)40(4,5)6)43(35(52)53,36(54)55)34(51)49-16-15-21-26(49)14-13-20(30(21)45)22-19-58-32-25(47)18-48-33(27(22)32)50(37(56)59-41(7,8)9)38(57)60-42(10,11)12/h13-14,17-19H,15-16H2,1-12H3,(H,52,53)(H,54,55). The van der Waals surface area contributed by atoms with Crippen LogP contribution in [0.1, 0.15) is 105 Å². The normalized spacial score (nSPS) is 13.6. The second kappa shape index (κ2) is 15.4. The van der Waals surface area contributed by atoms with Crippen LogP contribution in [0.5, 0.6) is 0 Å². The number of halogens is 4. The molecule has 0 saturated carbocycles. The Hall–Kier alpha value is -5.20. The predicted molar refractivity (Wildman–Crippen MR) is 224 cm³/mol. The Bertz CT molecular complexity index is 2430. The minimum absolute atomic E-state index is 0.00447. The average molecular weight is 950 g/mol. The van der Waals surface area contributed by atoms with Crippen LogP contribution in [-0.4, -0.2) is 63.0 Å². The molecule has 17 heteroatoms. The first-order chi connectivity index (χ1) is 27.4. The fourth-order valence-corrected chi connectivity index (χ4v) is 7.79. The summed E-state index contributed by atoms with van der Waals surface area (Å²) in [5, 5.41) is 21.2. The smallest absolute Gasteiger partial charge is 0.425 e. The maximum atomic E-state index is 16.9. The Morgan fingerprint density at radius 2 is 1.33 bits per heavy atom. The molecule has 0 radical (unpaired) electrons. The Morgan fingerprint density at radius 1 is 0.800 bits per heavy atom. The van der Waals surface area contributed by atoms with Crippen LogP contribution in [0.3, 0.4) is 0 Å². The number of hydrogen-bond acceptors (Lipinski definition) is 9. The molecule has 0 unspecified atom stereocenters. The Balaban J connectivity index is 1.71. The van der Waals surface area contributed by atoms with Crippen molar-refractivity contribution in [2.75, 3.05) is 16.3 Å². The van der Waals surface area contributed by atoms with Crippen molar-refractivity contribution >= 4 is 75.1 Å². The van der Waals surface area contributed by atoms with Crippen molar-refractivity contribution < 1.29 is 61.2 Å². The summed E-state index contributed by atoms with van der Waals surface area (Å²) < 4.78 is 67.3. The van der Waals surface area contributed by atoms with Gasteiger partial charge in [0.25, 0.3) is 11.3 Å². The summed E-state index contributed by atoms with van der Waals surface area (Å²) in [5.74, 6) is -9.97. The van der Waals surface area contributed by atoms with Crippen molar-refractivity contribution in [3.8, 4) is 11.1 Å². The number of amides is 3. The average Bonchev–Trinajstić information content (AvgIpc) is 3.71. The van der Waals surface area contributed by atoms with Gasteiger partial charge in [-0.15, -0.1) is 0 Å². The molecule has 2 N–H and O–H groups in total. The zero-order valence-electron chi connectivity index (χ0n) is 35.3. The van der Waals surface area contributed by atoms with Gasteiger partial charge in [-0.1, -0.05) is 41.5 Å². The van der Waals surface area contributed by atoms with Crippen molar-refractivity contribution in [2.24, 2.45) is 0 Å². The van der Waals surface area contributed by atoms with Gasteiger partial charge in [0, 0.05) is 46.2 Å². The van der Waals surface area contributed by atoms with E-state index in [9.17, 15) is 34.2 Å². The molecule has 1 aliphatic rings. The Kier molecular flexibility index (Phi) is 11.7. The summed E-state index contributed by atoms with van der Waals surface area (Å²) in [6, 6.07) is 2.89. The minimum Gasteiger partial charge on any atom is -0.480 e. The second-order valence-corrected chi connectivity index (χ2v) is 19.7. The van der Waals surface area contributed by atoms with Gasteiger partial charge in [0.15, 0.2) is 11.4 Å². The Morgan fingerprint density at radius 3 is 1.82 bits per heavy atom. The molecule has 0 bridgehead atoms. The third-order valence-corrected chi connectivity index (χ3v) is 10.4. The summed E-state index contributed by atoms with van der Waals surface area (Å²) in [6.07, 6.45) is -0.0655. The molecule has 5 rings (SSSR count). The number of benzene rings is 2. The lowest BCUT2D eigenvalue weighted by Crippen LogP contribution is -2.57. The van der Waals surface area contributed by atoms with Gasteiger partial charge in [-0.25, -0.2) is 27.7 Å². The van der Waals surface area contributed by atoms with Gasteiger partial charge in [-0.3, -0.25) is 14.4 Å². The fraction of sp³-hybridized carbons (Fsp3) is 0.442. The van der Waals surface area contributed by atoms with Gasteiger partial charge < -0.3 is 29.0 Å². The first-order valence-corrected chi connectivity index (χ1v) is 19.9. The maximum Gasteiger partial charge on any atom is 0.425 e. The van der Waals surface area contributed by atoms with Gasteiger partial charge in [0.05, 0.1) is 15.2 Å². The van der Waals surface area contributed by atoms with E-state index in [0.29, 0.717) is 14.5 Å². The number of carbonyl (C=O) groups excluding carboxylic acids is 3. The molecule has 0 fully saturated rings. The van der Waals surface area contributed by atoms with Crippen LogP contribution in [0.4, 0.5) is 34.3 Å². The molecule has 3 amide bonds. The summed E-state index contributed by atoms with van der Waals surface area (Å²) in [7, 11) is 0. The first-order valence-electron chi connectivity index (χ1n) is 18.8. The van der Waals surface area contributed by atoms with Gasteiger partial charge in [-0.2, -0.15) is 4.90 Å². The number of fused-ring (bicyclic) bond motifs is 2. The number of furan rings is 1. The number of imide groups is 1.